The highest BCUT2D eigenvalue weighted by Gasteiger charge is 2.59. The normalized spacial score (nSPS) is 25.3. The van der Waals surface area contributed by atoms with Crippen LogP contribution in [-0.2, 0) is 9.53 Å². The Bertz CT molecular complexity index is 653. The summed E-state index contributed by atoms with van der Waals surface area (Å²) in [6, 6.07) is 5.15. The number of hydrogen-bond donors (Lipinski definition) is 1. The van der Waals surface area contributed by atoms with Crippen LogP contribution < -0.4 is 4.74 Å². The smallest absolute Gasteiger partial charge is 0.246 e. The number of phenolic OH excluding ortho intramolecular Hbond substituents is 1. The van der Waals surface area contributed by atoms with E-state index in [1.807, 2.05) is 7.05 Å². The van der Waals surface area contributed by atoms with Gasteiger partial charge >= 0.3 is 0 Å². The number of benzene rings is 1. The lowest BCUT2D eigenvalue weighted by atomic mass is 9.55. The van der Waals surface area contributed by atoms with Gasteiger partial charge in [-0.05, 0) is 37.1 Å². The van der Waals surface area contributed by atoms with Crippen molar-refractivity contribution in [1.82, 2.24) is 4.90 Å². The van der Waals surface area contributed by atoms with Crippen molar-refractivity contribution in [2.45, 2.75) is 38.8 Å². The van der Waals surface area contributed by atoms with E-state index in [-0.39, 0.29) is 28.7 Å². The predicted octanol–water partition coefficient (Wildman–Crippen LogP) is 3.08. The molecule has 1 aliphatic rings. The number of phenols is 1. The second-order valence-corrected chi connectivity index (χ2v) is 7.09. The van der Waals surface area contributed by atoms with Gasteiger partial charge in [0.1, 0.15) is 0 Å². The van der Waals surface area contributed by atoms with Crippen LogP contribution in [0.5, 0.6) is 11.5 Å². The van der Waals surface area contributed by atoms with Gasteiger partial charge in [0.25, 0.3) is 0 Å². The number of rotatable bonds is 5. The van der Waals surface area contributed by atoms with Crippen molar-refractivity contribution in [2.75, 3.05) is 21.3 Å². The van der Waals surface area contributed by atoms with Crippen LogP contribution in [0, 0.1) is 5.41 Å². The fourth-order valence-corrected chi connectivity index (χ4v) is 3.33. The van der Waals surface area contributed by atoms with E-state index in [1.54, 1.807) is 36.3 Å². The first-order valence-electron chi connectivity index (χ1n) is 8.03. The molecule has 5 heteroatoms. The highest BCUT2D eigenvalue weighted by molar-refractivity contribution is 5.92. The first kappa shape index (κ1) is 18.3. The van der Waals surface area contributed by atoms with E-state index in [4.69, 9.17) is 9.47 Å². The largest absolute Gasteiger partial charge is 0.504 e. The molecular weight excluding hydrogens is 306 g/mol. The fourth-order valence-electron chi connectivity index (χ4n) is 3.33. The van der Waals surface area contributed by atoms with Gasteiger partial charge in [-0.2, -0.15) is 0 Å². The van der Waals surface area contributed by atoms with Crippen molar-refractivity contribution < 1.29 is 19.4 Å². The van der Waals surface area contributed by atoms with Crippen LogP contribution in [0.15, 0.2) is 24.3 Å². The summed E-state index contributed by atoms with van der Waals surface area (Å²) in [6.07, 6.45) is 4.04. The van der Waals surface area contributed by atoms with Crippen LogP contribution in [0.4, 0.5) is 0 Å². The van der Waals surface area contributed by atoms with Crippen LogP contribution in [0.25, 0.3) is 6.08 Å². The van der Waals surface area contributed by atoms with E-state index in [9.17, 15) is 9.90 Å². The first-order chi connectivity index (χ1) is 11.2. The molecule has 0 radical (unpaired) electrons. The molecule has 0 heterocycles. The molecule has 24 heavy (non-hydrogen) atoms. The number of carbonyl (C=O) groups excluding carboxylic acids is 1. The van der Waals surface area contributed by atoms with Crippen molar-refractivity contribution in [1.29, 1.82) is 0 Å². The van der Waals surface area contributed by atoms with Gasteiger partial charge in [0.05, 0.1) is 12.7 Å². The Morgan fingerprint density at radius 2 is 2.00 bits per heavy atom. The molecular formula is C19H27NO4. The fraction of sp³-hybridized carbons (Fsp3) is 0.526. The van der Waals surface area contributed by atoms with Crippen LogP contribution in [0.2, 0.25) is 0 Å². The van der Waals surface area contributed by atoms with E-state index in [0.29, 0.717) is 5.75 Å². The zero-order chi connectivity index (χ0) is 18.1. The maximum Gasteiger partial charge on any atom is 0.246 e. The summed E-state index contributed by atoms with van der Waals surface area (Å²) in [4.78, 5) is 14.2. The second-order valence-electron chi connectivity index (χ2n) is 7.09. The third-order valence-electron chi connectivity index (χ3n) is 5.67. The molecule has 2 rings (SSSR count). The summed E-state index contributed by atoms with van der Waals surface area (Å²) in [5.74, 6) is 0.392. The van der Waals surface area contributed by atoms with Gasteiger partial charge in [0.15, 0.2) is 11.5 Å². The molecule has 1 fully saturated rings. The molecule has 5 nitrogen and oxygen atoms in total. The standard InChI is InChI=1S/C19H27NO4/c1-18(2)16(12-19(18,3)24-6)20(4)17(22)10-8-13-7-9-15(23-5)14(21)11-13/h7-11,16,21H,12H2,1-6H3. The summed E-state index contributed by atoms with van der Waals surface area (Å²) in [7, 11) is 5.03. The van der Waals surface area contributed by atoms with E-state index >= 15 is 0 Å². The van der Waals surface area contributed by atoms with E-state index < -0.39 is 0 Å². The molecule has 1 aromatic carbocycles. The molecule has 132 valence electrons. The van der Waals surface area contributed by atoms with Crippen LogP contribution in [0.1, 0.15) is 32.8 Å². The first-order valence-corrected chi connectivity index (χ1v) is 8.03. The summed E-state index contributed by atoms with van der Waals surface area (Å²) >= 11 is 0. The Morgan fingerprint density at radius 3 is 2.50 bits per heavy atom. The number of carbonyl (C=O) groups is 1. The number of aromatic hydroxyl groups is 1. The van der Waals surface area contributed by atoms with E-state index in [1.165, 1.54) is 13.2 Å². The molecule has 1 aliphatic carbocycles. The number of ether oxygens (including phenoxy) is 2. The van der Waals surface area contributed by atoms with Crippen molar-refractivity contribution in [3.05, 3.63) is 29.8 Å². The van der Waals surface area contributed by atoms with Gasteiger partial charge in [-0.15, -0.1) is 0 Å². The quantitative estimate of drug-likeness (QED) is 0.841. The maximum atomic E-state index is 12.5. The molecule has 0 aliphatic heterocycles. The lowest BCUT2D eigenvalue weighted by molar-refractivity contribution is -0.205. The van der Waals surface area contributed by atoms with Crippen molar-refractivity contribution >= 4 is 12.0 Å². The number of amides is 1. The molecule has 2 unspecified atom stereocenters. The average Bonchev–Trinajstić information content (AvgIpc) is 2.56. The highest BCUT2D eigenvalue weighted by Crippen LogP contribution is 2.53. The minimum atomic E-state index is -0.211. The number of hydrogen-bond acceptors (Lipinski definition) is 4. The van der Waals surface area contributed by atoms with Gasteiger partial charge < -0.3 is 19.5 Å². The van der Waals surface area contributed by atoms with Gasteiger partial charge in [-0.3, -0.25) is 4.79 Å². The van der Waals surface area contributed by atoms with Gasteiger partial charge in [0.2, 0.25) is 5.91 Å². The highest BCUT2D eigenvalue weighted by atomic mass is 16.5. The predicted molar refractivity (Wildman–Crippen MR) is 94.1 cm³/mol. The summed E-state index contributed by atoms with van der Waals surface area (Å²) in [5, 5.41) is 9.79. The molecule has 0 aromatic heterocycles. The molecule has 1 saturated carbocycles. The van der Waals surface area contributed by atoms with Crippen LogP contribution in [-0.4, -0.2) is 48.8 Å². The number of methoxy groups -OCH3 is 2. The molecule has 1 amide bonds. The summed E-state index contributed by atoms with van der Waals surface area (Å²) < 4.78 is 10.6. The summed E-state index contributed by atoms with van der Waals surface area (Å²) in [6.45, 7) is 6.33. The summed E-state index contributed by atoms with van der Waals surface area (Å²) in [5.41, 5.74) is 0.417. The van der Waals surface area contributed by atoms with Gasteiger partial charge in [-0.25, -0.2) is 0 Å². The number of nitrogens with zero attached hydrogens (tertiary/aromatic N) is 1. The SMILES string of the molecule is COc1ccc(C=CC(=O)N(C)C2CC(C)(OC)C2(C)C)cc1O. The molecule has 2 atom stereocenters. The van der Waals surface area contributed by atoms with Crippen LogP contribution in [0.3, 0.4) is 0 Å². The number of likely N-dealkylation sites (N-methyl/N-ethyl adjacent to an activating group) is 1. The molecule has 0 spiro atoms. The zero-order valence-corrected chi connectivity index (χ0v) is 15.3. The molecule has 0 bridgehead atoms. The Labute approximate surface area is 143 Å². The van der Waals surface area contributed by atoms with Crippen LogP contribution >= 0.6 is 0 Å². The Kier molecular flexibility index (Phi) is 4.95. The third-order valence-corrected chi connectivity index (χ3v) is 5.67. The zero-order valence-electron chi connectivity index (χ0n) is 15.3. The molecule has 1 N–H and O–H groups in total. The average molecular weight is 333 g/mol. The maximum absolute atomic E-state index is 12.5. The van der Waals surface area contributed by atoms with Crippen molar-refractivity contribution in [3.8, 4) is 11.5 Å². The van der Waals surface area contributed by atoms with Gasteiger partial charge in [0, 0.05) is 31.7 Å². The Morgan fingerprint density at radius 1 is 1.33 bits per heavy atom. The topological polar surface area (TPSA) is 59.0 Å². The van der Waals surface area contributed by atoms with E-state index in [2.05, 4.69) is 20.8 Å². The van der Waals surface area contributed by atoms with E-state index in [0.717, 1.165) is 12.0 Å². The molecule has 0 saturated heterocycles. The van der Waals surface area contributed by atoms with Crippen molar-refractivity contribution in [3.63, 3.8) is 0 Å². The lowest BCUT2D eigenvalue weighted by Gasteiger charge is -2.61. The van der Waals surface area contributed by atoms with Crippen molar-refractivity contribution in [2.24, 2.45) is 5.41 Å². The Hall–Kier alpha value is -2.01. The second kappa shape index (κ2) is 6.48. The lowest BCUT2D eigenvalue weighted by Crippen LogP contribution is -2.68. The molecule has 1 aromatic rings. The monoisotopic (exact) mass is 333 g/mol. The third kappa shape index (κ3) is 3.00. The minimum Gasteiger partial charge on any atom is -0.504 e. The van der Waals surface area contributed by atoms with Gasteiger partial charge in [-0.1, -0.05) is 19.9 Å². The Balaban J connectivity index is 2.06. The minimum absolute atomic E-state index is 0.0523.